The Bertz CT molecular complexity index is 711. The molecule has 21 heavy (non-hydrogen) atoms. The number of nitro benzene ring substituents is 1. The van der Waals surface area contributed by atoms with Crippen LogP contribution in [0.5, 0.6) is 0 Å². The third kappa shape index (κ3) is 3.56. The summed E-state index contributed by atoms with van der Waals surface area (Å²) in [5.74, 6) is 0.237. The number of nitrogens with zero attached hydrogens (tertiary/aromatic N) is 2. The van der Waals surface area contributed by atoms with E-state index in [1.807, 2.05) is 31.2 Å². The van der Waals surface area contributed by atoms with Gasteiger partial charge in [0.05, 0.1) is 10.6 Å². The zero-order valence-corrected chi connectivity index (χ0v) is 11.8. The summed E-state index contributed by atoms with van der Waals surface area (Å²) in [6.07, 6.45) is 0. The summed E-state index contributed by atoms with van der Waals surface area (Å²) >= 11 is 0. The number of guanidine groups is 1. The molecule has 0 unspecified atom stereocenters. The molecular weight excluding hydrogens is 268 g/mol. The lowest BCUT2D eigenvalue weighted by Gasteiger charge is -2.09. The number of non-ortho nitro benzene ring substituents is 1. The fraction of sp³-hybridized carbons (Fsp3) is 0.133. The van der Waals surface area contributed by atoms with Crippen molar-refractivity contribution in [1.82, 2.24) is 0 Å². The van der Waals surface area contributed by atoms with Crippen LogP contribution in [-0.2, 0) is 0 Å². The summed E-state index contributed by atoms with van der Waals surface area (Å²) in [5.41, 5.74) is 9.13. The molecule has 0 fully saturated rings. The van der Waals surface area contributed by atoms with Crippen LogP contribution in [0.3, 0.4) is 0 Å². The normalized spacial score (nSPS) is 11.2. The summed E-state index contributed by atoms with van der Waals surface area (Å²) in [6.45, 7) is 3.72. The molecule has 0 amide bonds. The first-order valence-electron chi connectivity index (χ1n) is 6.39. The second kappa shape index (κ2) is 6.04. The topological polar surface area (TPSA) is 93.5 Å². The summed E-state index contributed by atoms with van der Waals surface area (Å²) in [4.78, 5) is 14.5. The standard InChI is InChI=1S/C15H16N4O2/c1-10-5-3-4-6-13(10)17-15(16)18-14-8-7-12(19(20)21)9-11(14)2/h3-9H,1-2H3,(H3,16,17,18). The predicted molar refractivity (Wildman–Crippen MR) is 83.9 cm³/mol. The van der Waals surface area contributed by atoms with Crippen LogP contribution in [0.4, 0.5) is 17.1 Å². The van der Waals surface area contributed by atoms with Gasteiger partial charge in [-0.3, -0.25) is 10.1 Å². The van der Waals surface area contributed by atoms with Crippen molar-refractivity contribution in [3.63, 3.8) is 0 Å². The average molecular weight is 284 g/mol. The Kier molecular flexibility index (Phi) is 4.18. The Labute approximate surface area is 122 Å². The smallest absolute Gasteiger partial charge is 0.269 e. The van der Waals surface area contributed by atoms with Gasteiger partial charge in [-0.05, 0) is 37.1 Å². The summed E-state index contributed by atoms with van der Waals surface area (Å²) in [5, 5.41) is 13.7. The number of benzene rings is 2. The minimum Gasteiger partial charge on any atom is -0.369 e. The van der Waals surface area contributed by atoms with Crippen LogP contribution in [0, 0.1) is 24.0 Å². The Hall–Kier alpha value is -2.89. The van der Waals surface area contributed by atoms with Crippen molar-refractivity contribution in [1.29, 1.82) is 0 Å². The van der Waals surface area contributed by atoms with Gasteiger partial charge >= 0.3 is 0 Å². The summed E-state index contributed by atoms with van der Waals surface area (Å²) < 4.78 is 0. The molecule has 0 aromatic heterocycles. The summed E-state index contributed by atoms with van der Waals surface area (Å²) in [6, 6.07) is 12.2. The number of nitrogens with two attached hydrogens (primary N) is 1. The monoisotopic (exact) mass is 284 g/mol. The van der Waals surface area contributed by atoms with Crippen molar-refractivity contribution in [3.05, 3.63) is 63.7 Å². The van der Waals surface area contributed by atoms with Gasteiger partial charge in [-0.25, -0.2) is 4.99 Å². The van der Waals surface area contributed by atoms with Gasteiger partial charge in [0, 0.05) is 17.8 Å². The third-order valence-corrected chi connectivity index (χ3v) is 3.04. The number of aryl methyl sites for hydroxylation is 2. The molecule has 0 saturated heterocycles. The van der Waals surface area contributed by atoms with E-state index in [4.69, 9.17) is 5.73 Å². The number of para-hydroxylation sites is 1. The average Bonchev–Trinajstić information content (AvgIpc) is 2.43. The highest BCUT2D eigenvalue weighted by molar-refractivity contribution is 5.94. The minimum absolute atomic E-state index is 0.0388. The van der Waals surface area contributed by atoms with Crippen LogP contribution in [0.2, 0.25) is 0 Å². The predicted octanol–water partition coefficient (Wildman–Crippen LogP) is 3.27. The van der Waals surface area contributed by atoms with Crippen LogP contribution in [0.15, 0.2) is 47.5 Å². The number of rotatable bonds is 3. The van der Waals surface area contributed by atoms with E-state index < -0.39 is 4.92 Å². The van der Waals surface area contributed by atoms with E-state index >= 15 is 0 Å². The Morgan fingerprint density at radius 3 is 2.52 bits per heavy atom. The van der Waals surface area contributed by atoms with Crippen molar-refractivity contribution in [2.75, 3.05) is 5.32 Å². The SMILES string of the molecule is Cc1cc([N+](=O)[O-])ccc1N=C(N)Nc1ccccc1C. The Morgan fingerprint density at radius 1 is 1.19 bits per heavy atom. The minimum atomic E-state index is -0.435. The van der Waals surface area contributed by atoms with E-state index in [1.54, 1.807) is 13.0 Å². The Balaban J connectivity index is 2.23. The molecule has 0 radical (unpaired) electrons. The largest absolute Gasteiger partial charge is 0.369 e. The highest BCUT2D eigenvalue weighted by Gasteiger charge is 2.08. The lowest BCUT2D eigenvalue weighted by atomic mass is 10.2. The first kappa shape index (κ1) is 14.5. The van der Waals surface area contributed by atoms with E-state index in [-0.39, 0.29) is 11.6 Å². The second-order valence-corrected chi connectivity index (χ2v) is 4.66. The maximum absolute atomic E-state index is 10.7. The number of aliphatic imine (C=N–C) groups is 1. The molecule has 2 rings (SSSR count). The van der Waals surface area contributed by atoms with Gasteiger partial charge in [-0.2, -0.15) is 0 Å². The lowest BCUT2D eigenvalue weighted by Crippen LogP contribution is -2.22. The fourth-order valence-corrected chi connectivity index (χ4v) is 1.89. The van der Waals surface area contributed by atoms with Crippen molar-refractivity contribution in [2.24, 2.45) is 10.7 Å². The van der Waals surface area contributed by atoms with Crippen molar-refractivity contribution < 1.29 is 4.92 Å². The van der Waals surface area contributed by atoms with Crippen LogP contribution in [0.25, 0.3) is 0 Å². The van der Waals surface area contributed by atoms with Gasteiger partial charge < -0.3 is 11.1 Å². The molecule has 2 aromatic rings. The van der Waals surface area contributed by atoms with Crippen LogP contribution >= 0.6 is 0 Å². The molecule has 0 aliphatic carbocycles. The molecule has 0 bridgehead atoms. The number of nitrogens with one attached hydrogen (secondary N) is 1. The molecule has 108 valence electrons. The van der Waals surface area contributed by atoms with Gasteiger partial charge in [0.1, 0.15) is 0 Å². The molecule has 6 nitrogen and oxygen atoms in total. The first-order chi connectivity index (χ1) is 9.97. The molecule has 0 spiro atoms. The molecular formula is C15H16N4O2. The van der Waals surface area contributed by atoms with Gasteiger partial charge in [-0.1, -0.05) is 18.2 Å². The zero-order valence-electron chi connectivity index (χ0n) is 11.8. The van der Waals surface area contributed by atoms with Gasteiger partial charge in [0.25, 0.3) is 5.69 Å². The quantitative estimate of drug-likeness (QED) is 0.391. The van der Waals surface area contributed by atoms with Crippen molar-refractivity contribution in [3.8, 4) is 0 Å². The first-order valence-corrected chi connectivity index (χ1v) is 6.39. The molecule has 0 atom stereocenters. The number of anilines is 1. The molecule has 2 aromatic carbocycles. The molecule has 0 heterocycles. The fourth-order valence-electron chi connectivity index (χ4n) is 1.89. The third-order valence-electron chi connectivity index (χ3n) is 3.04. The highest BCUT2D eigenvalue weighted by atomic mass is 16.6. The van der Waals surface area contributed by atoms with Crippen LogP contribution in [0.1, 0.15) is 11.1 Å². The van der Waals surface area contributed by atoms with E-state index in [9.17, 15) is 10.1 Å². The van der Waals surface area contributed by atoms with E-state index in [0.717, 1.165) is 11.3 Å². The lowest BCUT2D eigenvalue weighted by molar-refractivity contribution is -0.384. The molecule has 0 aliphatic rings. The second-order valence-electron chi connectivity index (χ2n) is 4.66. The van der Waals surface area contributed by atoms with Gasteiger partial charge in [0.15, 0.2) is 5.96 Å². The number of nitro groups is 1. The van der Waals surface area contributed by atoms with E-state index in [0.29, 0.717) is 11.3 Å². The molecule has 0 saturated carbocycles. The van der Waals surface area contributed by atoms with E-state index in [1.165, 1.54) is 12.1 Å². The van der Waals surface area contributed by atoms with Crippen LogP contribution in [-0.4, -0.2) is 10.9 Å². The molecule has 0 aliphatic heterocycles. The van der Waals surface area contributed by atoms with Gasteiger partial charge in [-0.15, -0.1) is 0 Å². The summed E-state index contributed by atoms with van der Waals surface area (Å²) in [7, 11) is 0. The molecule has 6 heteroatoms. The number of hydrogen-bond donors (Lipinski definition) is 2. The highest BCUT2D eigenvalue weighted by Crippen LogP contribution is 2.23. The Morgan fingerprint density at radius 2 is 1.90 bits per heavy atom. The van der Waals surface area contributed by atoms with Crippen LogP contribution < -0.4 is 11.1 Å². The van der Waals surface area contributed by atoms with E-state index in [2.05, 4.69) is 10.3 Å². The van der Waals surface area contributed by atoms with Gasteiger partial charge in [0.2, 0.25) is 0 Å². The maximum atomic E-state index is 10.7. The zero-order chi connectivity index (χ0) is 15.4. The van der Waals surface area contributed by atoms with Crippen molar-refractivity contribution in [2.45, 2.75) is 13.8 Å². The maximum Gasteiger partial charge on any atom is 0.269 e. The van der Waals surface area contributed by atoms with Crippen molar-refractivity contribution >= 4 is 23.0 Å². The molecule has 3 N–H and O–H groups in total. The number of hydrogen-bond acceptors (Lipinski definition) is 3.